The van der Waals surface area contributed by atoms with Crippen molar-refractivity contribution < 1.29 is 4.74 Å². The zero-order valence-electron chi connectivity index (χ0n) is 11.5. The Labute approximate surface area is 136 Å². The number of benzene rings is 2. The molecule has 0 aliphatic carbocycles. The average Bonchev–Trinajstić information content (AvgIpc) is 2.40. The fourth-order valence-electron chi connectivity index (χ4n) is 2.11. The Hall–Kier alpha value is -0.840. The van der Waals surface area contributed by atoms with E-state index in [9.17, 15) is 0 Å². The maximum atomic E-state index is 5.45. The lowest BCUT2D eigenvalue weighted by molar-refractivity contribution is 0.405. The minimum absolute atomic E-state index is 0.759. The van der Waals surface area contributed by atoms with Gasteiger partial charge in [0.05, 0.1) is 11.6 Å². The highest BCUT2D eigenvalue weighted by Gasteiger charge is 2.09. The third-order valence-electron chi connectivity index (χ3n) is 3.18. The standard InChI is InChI=1S/C16H17Br2NO/c1-11-5-3-4-6-12(11)9-19-10-13-7-14(17)8-15(18)16(13)20-2/h3-8,19H,9-10H2,1-2H3. The second-order valence-electron chi connectivity index (χ2n) is 4.61. The Balaban J connectivity index is 2.06. The Kier molecular flexibility index (Phi) is 5.64. The van der Waals surface area contributed by atoms with Gasteiger partial charge in [-0.15, -0.1) is 0 Å². The van der Waals surface area contributed by atoms with E-state index in [0.29, 0.717) is 0 Å². The number of ether oxygens (including phenoxy) is 1. The molecular formula is C16H17Br2NO. The van der Waals surface area contributed by atoms with Gasteiger partial charge >= 0.3 is 0 Å². The first-order valence-electron chi connectivity index (χ1n) is 6.39. The molecule has 0 spiro atoms. The molecule has 106 valence electrons. The fourth-order valence-corrected chi connectivity index (χ4v) is 3.59. The van der Waals surface area contributed by atoms with Gasteiger partial charge in [0.2, 0.25) is 0 Å². The van der Waals surface area contributed by atoms with E-state index in [-0.39, 0.29) is 0 Å². The van der Waals surface area contributed by atoms with Gasteiger partial charge in [0.1, 0.15) is 5.75 Å². The average molecular weight is 399 g/mol. The summed E-state index contributed by atoms with van der Waals surface area (Å²) in [5.74, 6) is 0.880. The monoisotopic (exact) mass is 397 g/mol. The van der Waals surface area contributed by atoms with Gasteiger partial charge < -0.3 is 10.1 Å². The van der Waals surface area contributed by atoms with Crippen LogP contribution in [0, 0.1) is 6.92 Å². The van der Waals surface area contributed by atoms with Crippen LogP contribution in [0.2, 0.25) is 0 Å². The molecule has 20 heavy (non-hydrogen) atoms. The van der Waals surface area contributed by atoms with Crippen LogP contribution in [-0.4, -0.2) is 7.11 Å². The number of nitrogens with one attached hydrogen (secondary N) is 1. The van der Waals surface area contributed by atoms with Gasteiger partial charge in [-0.1, -0.05) is 40.2 Å². The summed E-state index contributed by atoms with van der Waals surface area (Å²) in [5, 5.41) is 3.47. The lowest BCUT2D eigenvalue weighted by atomic mass is 10.1. The molecule has 0 unspecified atom stereocenters. The molecule has 0 aliphatic heterocycles. The van der Waals surface area contributed by atoms with E-state index >= 15 is 0 Å². The van der Waals surface area contributed by atoms with Gasteiger partial charge in [-0.3, -0.25) is 0 Å². The van der Waals surface area contributed by atoms with Crippen LogP contribution in [-0.2, 0) is 13.1 Å². The van der Waals surface area contributed by atoms with E-state index in [0.717, 1.165) is 33.3 Å². The quantitative estimate of drug-likeness (QED) is 0.779. The summed E-state index contributed by atoms with van der Waals surface area (Å²) in [7, 11) is 1.69. The minimum Gasteiger partial charge on any atom is -0.495 e. The normalized spacial score (nSPS) is 10.6. The highest BCUT2D eigenvalue weighted by Crippen LogP contribution is 2.32. The van der Waals surface area contributed by atoms with Crippen molar-refractivity contribution in [1.82, 2.24) is 5.32 Å². The number of hydrogen-bond acceptors (Lipinski definition) is 2. The van der Waals surface area contributed by atoms with E-state index in [1.54, 1.807) is 7.11 Å². The van der Waals surface area contributed by atoms with Crippen LogP contribution in [0.15, 0.2) is 45.3 Å². The van der Waals surface area contributed by atoms with Gasteiger partial charge in [0.15, 0.2) is 0 Å². The number of halogens is 2. The Morgan fingerprint density at radius 1 is 1.05 bits per heavy atom. The Bertz CT molecular complexity index is 599. The van der Waals surface area contributed by atoms with E-state index < -0.39 is 0 Å². The summed E-state index contributed by atoms with van der Waals surface area (Å²) >= 11 is 7.04. The van der Waals surface area contributed by atoms with Crippen LogP contribution in [0.3, 0.4) is 0 Å². The molecule has 0 heterocycles. The first-order valence-corrected chi connectivity index (χ1v) is 7.97. The molecule has 0 atom stereocenters. The Morgan fingerprint density at radius 3 is 2.45 bits per heavy atom. The molecule has 0 bridgehead atoms. The predicted molar refractivity (Wildman–Crippen MR) is 90.1 cm³/mol. The van der Waals surface area contributed by atoms with Crippen LogP contribution in [0.5, 0.6) is 5.75 Å². The molecule has 0 radical (unpaired) electrons. The summed E-state index contributed by atoms with van der Waals surface area (Å²) in [6.45, 7) is 3.74. The number of hydrogen-bond donors (Lipinski definition) is 1. The first-order chi connectivity index (χ1) is 9.61. The van der Waals surface area contributed by atoms with Crippen molar-refractivity contribution in [3.05, 3.63) is 62.0 Å². The zero-order valence-corrected chi connectivity index (χ0v) is 14.7. The lowest BCUT2D eigenvalue weighted by Gasteiger charge is -2.13. The van der Waals surface area contributed by atoms with Gasteiger partial charge in [-0.25, -0.2) is 0 Å². The highest BCUT2D eigenvalue weighted by atomic mass is 79.9. The molecule has 0 aliphatic rings. The minimum atomic E-state index is 0.759. The number of methoxy groups -OCH3 is 1. The van der Waals surface area contributed by atoms with Crippen LogP contribution < -0.4 is 10.1 Å². The van der Waals surface area contributed by atoms with Crippen molar-refractivity contribution in [3.8, 4) is 5.75 Å². The van der Waals surface area contributed by atoms with E-state index in [2.05, 4.69) is 74.4 Å². The van der Waals surface area contributed by atoms with Crippen molar-refractivity contribution in [3.63, 3.8) is 0 Å². The summed E-state index contributed by atoms with van der Waals surface area (Å²) in [4.78, 5) is 0. The van der Waals surface area contributed by atoms with Crippen LogP contribution in [0.25, 0.3) is 0 Å². The van der Waals surface area contributed by atoms with Gasteiger partial charge in [-0.05, 0) is 46.1 Å². The molecule has 0 aromatic heterocycles. The van der Waals surface area contributed by atoms with E-state index in [4.69, 9.17) is 4.74 Å². The largest absolute Gasteiger partial charge is 0.495 e. The van der Waals surface area contributed by atoms with Crippen molar-refractivity contribution >= 4 is 31.9 Å². The van der Waals surface area contributed by atoms with Crippen molar-refractivity contribution in [2.75, 3.05) is 7.11 Å². The molecule has 0 saturated heterocycles. The molecule has 2 aromatic rings. The topological polar surface area (TPSA) is 21.3 Å². The van der Waals surface area contributed by atoms with E-state index in [1.807, 2.05) is 6.07 Å². The molecule has 4 heteroatoms. The summed E-state index contributed by atoms with van der Waals surface area (Å²) in [6.07, 6.45) is 0. The SMILES string of the molecule is COc1c(Br)cc(Br)cc1CNCc1ccccc1C. The fraction of sp³-hybridized carbons (Fsp3) is 0.250. The smallest absolute Gasteiger partial charge is 0.137 e. The van der Waals surface area contributed by atoms with Crippen molar-refractivity contribution in [2.45, 2.75) is 20.0 Å². The van der Waals surface area contributed by atoms with Crippen molar-refractivity contribution in [2.24, 2.45) is 0 Å². The van der Waals surface area contributed by atoms with Crippen molar-refractivity contribution in [1.29, 1.82) is 0 Å². The molecule has 2 aromatic carbocycles. The third-order valence-corrected chi connectivity index (χ3v) is 4.23. The maximum Gasteiger partial charge on any atom is 0.137 e. The van der Waals surface area contributed by atoms with Gasteiger partial charge in [-0.2, -0.15) is 0 Å². The van der Waals surface area contributed by atoms with Crippen LogP contribution >= 0.6 is 31.9 Å². The molecule has 0 saturated carbocycles. The lowest BCUT2D eigenvalue weighted by Crippen LogP contribution is -2.14. The third kappa shape index (κ3) is 3.84. The number of aryl methyl sites for hydroxylation is 1. The molecule has 2 nitrogen and oxygen atoms in total. The molecule has 0 fully saturated rings. The summed E-state index contributed by atoms with van der Waals surface area (Å²) in [5.41, 5.74) is 3.75. The molecular weight excluding hydrogens is 382 g/mol. The van der Waals surface area contributed by atoms with Crippen LogP contribution in [0.4, 0.5) is 0 Å². The van der Waals surface area contributed by atoms with Gasteiger partial charge in [0.25, 0.3) is 0 Å². The van der Waals surface area contributed by atoms with E-state index in [1.165, 1.54) is 11.1 Å². The highest BCUT2D eigenvalue weighted by molar-refractivity contribution is 9.11. The number of rotatable bonds is 5. The second-order valence-corrected chi connectivity index (χ2v) is 6.38. The Morgan fingerprint density at radius 2 is 1.75 bits per heavy atom. The second kappa shape index (κ2) is 7.25. The molecule has 2 rings (SSSR count). The zero-order chi connectivity index (χ0) is 14.5. The van der Waals surface area contributed by atoms with Gasteiger partial charge in [0, 0.05) is 23.1 Å². The molecule has 1 N–H and O–H groups in total. The van der Waals surface area contributed by atoms with Crippen LogP contribution in [0.1, 0.15) is 16.7 Å². The summed E-state index contributed by atoms with van der Waals surface area (Å²) in [6, 6.07) is 12.5. The molecule has 0 amide bonds. The predicted octanol–water partition coefficient (Wildman–Crippen LogP) is 4.82. The first kappa shape index (κ1) is 15.5. The maximum absolute atomic E-state index is 5.45. The summed E-state index contributed by atoms with van der Waals surface area (Å²) < 4.78 is 7.45.